The molecule has 3 heteroatoms. The van der Waals surface area contributed by atoms with E-state index in [9.17, 15) is 0 Å². The van der Waals surface area contributed by atoms with E-state index in [0.29, 0.717) is 0 Å². The molecule has 0 spiro atoms. The van der Waals surface area contributed by atoms with Gasteiger partial charge in [0.2, 0.25) is 0 Å². The van der Waals surface area contributed by atoms with Crippen molar-refractivity contribution in [2.45, 2.75) is 13.1 Å². The maximum atomic E-state index is 4.98. The van der Waals surface area contributed by atoms with Crippen LogP contribution in [0.3, 0.4) is 0 Å². The van der Waals surface area contributed by atoms with Crippen molar-refractivity contribution in [2.75, 3.05) is 11.4 Å². The summed E-state index contributed by atoms with van der Waals surface area (Å²) in [6.45, 7) is 3.15. The first-order valence-corrected chi connectivity index (χ1v) is 8.76. The molecule has 0 N–H and O–H groups in total. The Hall–Kier alpha value is -3.07. The van der Waals surface area contributed by atoms with Gasteiger partial charge >= 0.3 is 0 Å². The van der Waals surface area contributed by atoms with E-state index in [1.807, 2.05) is 0 Å². The van der Waals surface area contributed by atoms with Gasteiger partial charge in [-0.15, -0.1) is 0 Å². The van der Waals surface area contributed by atoms with Crippen LogP contribution >= 0.6 is 0 Å². The maximum Gasteiger partial charge on any atom is 0.145 e. The largest absolute Gasteiger partial charge is 0.347 e. The Labute approximate surface area is 147 Å². The molecule has 3 nitrogen and oxygen atoms in total. The molecule has 1 aliphatic heterocycles. The van der Waals surface area contributed by atoms with Crippen LogP contribution in [-0.2, 0) is 0 Å². The molecule has 1 aliphatic rings. The fourth-order valence-corrected chi connectivity index (χ4v) is 3.96. The van der Waals surface area contributed by atoms with Crippen molar-refractivity contribution in [3.05, 3.63) is 84.4 Å². The Morgan fingerprint density at radius 2 is 1.56 bits per heavy atom. The average Bonchev–Trinajstić information content (AvgIpc) is 3.07. The zero-order valence-corrected chi connectivity index (χ0v) is 14.1. The molecule has 5 rings (SSSR count). The molecule has 0 radical (unpaired) electrons. The standard InChI is InChI=1S/C22H19N3/c1-2-24-19-14-8-6-12-17(19)21-23-18-13-7-9-15-20(18)25(21)22(24)16-10-4-3-5-11-16/h3-15,22H,2H2,1H3/t22-/m1/s1. The van der Waals surface area contributed by atoms with Crippen LogP contribution < -0.4 is 4.90 Å². The Morgan fingerprint density at radius 3 is 2.40 bits per heavy atom. The molecule has 2 heterocycles. The minimum absolute atomic E-state index is 0.114. The van der Waals surface area contributed by atoms with Crippen molar-refractivity contribution in [3.8, 4) is 11.4 Å². The summed E-state index contributed by atoms with van der Waals surface area (Å²) in [7, 11) is 0. The third kappa shape index (κ3) is 2.02. The van der Waals surface area contributed by atoms with Crippen molar-refractivity contribution in [3.63, 3.8) is 0 Å². The van der Waals surface area contributed by atoms with Gasteiger partial charge < -0.3 is 4.90 Å². The quantitative estimate of drug-likeness (QED) is 0.512. The van der Waals surface area contributed by atoms with Crippen molar-refractivity contribution >= 4 is 16.7 Å². The van der Waals surface area contributed by atoms with Crippen LogP contribution in [0, 0.1) is 0 Å². The molecule has 0 aliphatic carbocycles. The molecule has 0 saturated carbocycles. The van der Waals surface area contributed by atoms with Gasteiger partial charge in [-0.1, -0.05) is 54.6 Å². The van der Waals surface area contributed by atoms with Gasteiger partial charge in [0, 0.05) is 17.8 Å². The van der Waals surface area contributed by atoms with E-state index in [0.717, 1.165) is 17.9 Å². The number of nitrogens with zero attached hydrogens (tertiary/aromatic N) is 3. The Bertz CT molecular complexity index is 1050. The van der Waals surface area contributed by atoms with Crippen LogP contribution in [0.2, 0.25) is 0 Å². The van der Waals surface area contributed by atoms with Crippen molar-refractivity contribution in [1.82, 2.24) is 9.55 Å². The van der Waals surface area contributed by atoms with E-state index in [-0.39, 0.29) is 6.17 Å². The molecule has 122 valence electrons. The van der Waals surface area contributed by atoms with Crippen LogP contribution in [0.4, 0.5) is 5.69 Å². The van der Waals surface area contributed by atoms with Gasteiger partial charge in [0.05, 0.1) is 11.0 Å². The number of imidazole rings is 1. The van der Waals surface area contributed by atoms with E-state index in [2.05, 4.69) is 95.3 Å². The molecule has 0 amide bonds. The Balaban J connectivity index is 1.89. The number of rotatable bonds is 2. The lowest BCUT2D eigenvalue weighted by Crippen LogP contribution is -2.37. The number of anilines is 1. The zero-order valence-electron chi connectivity index (χ0n) is 14.1. The lowest BCUT2D eigenvalue weighted by atomic mass is 10.0. The highest BCUT2D eigenvalue weighted by molar-refractivity contribution is 5.87. The molecule has 1 aromatic heterocycles. The third-order valence-electron chi connectivity index (χ3n) is 5.03. The number of fused-ring (bicyclic) bond motifs is 5. The predicted molar refractivity (Wildman–Crippen MR) is 103 cm³/mol. The number of benzene rings is 3. The third-order valence-corrected chi connectivity index (χ3v) is 5.03. The summed E-state index contributed by atoms with van der Waals surface area (Å²) in [4.78, 5) is 7.44. The monoisotopic (exact) mass is 325 g/mol. The van der Waals surface area contributed by atoms with Gasteiger partial charge in [0.1, 0.15) is 12.0 Å². The van der Waals surface area contributed by atoms with Gasteiger partial charge in [-0.25, -0.2) is 4.98 Å². The van der Waals surface area contributed by atoms with Gasteiger partial charge in [-0.05, 0) is 36.8 Å². The molecular weight excluding hydrogens is 306 g/mol. The van der Waals surface area contributed by atoms with Crippen LogP contribution in [0.25, 0.3) is 22.4 Å². The summed E-state index contributed by atoms with van der Waals surface area (Å²) in [6.07, 6.45) is 0.114. The fourth-order valence-electron chi connectivity index (χ4n) is 3.96. The lowest BCUT2D eigenvalue weighted by molar-refractivity contribution is 0.556. The van der Waals surface area contributed by atoms with Gasteiger partial charge in [0.25, 0.3) is 0 Å². The molecular formula is C22H19N3. The first kappa shape index (κ1) is 14.3. The molecule has 3 aromatic carbocycles. The van der Waals surface area contributed by atoms with Gasteiger partial charge in [-0.3, -0.25) is 4.57 Å². The normalized spacial score (nSPS) is 15.9. The molecule has 25 heavy (non-hydrogen) atoms. The summed E-state index contributed by atoms with van der Waals surface area (Å²) in [5, 5.41) is 0. The number of para-hydroxylation sites is 3. The van der Waals surface area contributed by atoms with Crippen molar-refractivity contribution in [2.24, 2.45) is 0 Å². The average molecular weight is 325 g/mol. The topological polar surface area (TPSA) is 21.1 Å². The predicted octanol–water partition coefficient (Wildman–Crippen LogP) is 5.09. The second kappa shape index (κ2) is 5.49. The minimum atomic E-state index is 0.114. The maximum absolute atomic E-state index is 4.98. The highest BCUT2D eigenvalue weighted by Gasteiger charge is 2.33. The summed E-state index contributed by atoms with van der Waals surface area (Å²) < 4.78 is 2.39. The Kier molecular flexibility index (Phi) is 3.14. The summed E-state index contributed by atoms with van der Waals surface area (Å²) in [6, 6.07) is 27.7. The second-order valence-corrected chi connectivity index (χ2v) is 6.38. The van der Waals surface area contributed by atoms with Gasteiger partial charge in [0.15, 0.2) is 0 Å². The van der Waals surface area contributed by atoms with E-state index in [4.69, 9.17) is 4.98 Å². The van der Waals surface area contributed by atoms with E-state index in [1.54, 1.807) is 0 Å². The molecule has 0 fully saturated rings. The van der Waals surface area contributed by atoms with Crippen molar-refractivity contribution in [1.29, 1.82) is 0 Å². The van der Waals surface area contributed by atoms with E-state index in [1.165, 1.54) is 22.3 Å². The molecule has 4 aromatic rings. The van der Waals surface area contributed by atoms with E-state index >= 15 is 0 Å². The highest BCUT2D eigenvalue weighted by atomic mass is 15.3. The number of aromatic nitrogens is 2. The Morgan fingerprint density at radius 1 is 0.840 bits per heavy atom. The van der Waals surface area contributed by atoms with E-state index < -0.39 is 0 Å². The minimum Gasteiger partial charge on any atom is -0.347 e. The van der Waals surface area contributed by atoms with Gasteiger partial charge in [-0.2, -0.15) is 0 Å². The van der Waals surface area contributed by atoms with Crippen LogP contribution in [0.1, 0.15) is 18.7 Å². The van der Waals surface area contributed by atoms with Crippen molar-refractivity contribution < 1.29 is 0 Å². The summed E-state index contributed by atoms with van der Waals surface area (Å²) in [5.74, 6) is 1.05. The zero-order chi connectivity index (χ0) is 16.8. The fraction of sp³-hybridized carbons (Fsp3) is 0.136. The summed E-state index contributed by atoms with van der Waals surface area (Å²) in [5.41, 5.74) is 5.96. The smallest absolute Gasteiger partial charge is 0.145 e. The van der Waals surface area contributed by atoms with Crippen LogP contribution in [-0.4, -0.2) is 16.1 Å². The highest BCUT2D eigenvalue weighted by Crippen LogP contribution is 2.44. The second-order valence-electron chi connectivity index (χ2n) is 6.38. The number of hydrogen-bond donors (Lipinski definition) is 0. The molecule has 1 atom stereocenters. The molecule has 0 bridgehead atoms. The SMILES string of the molecule is CCN1c2ccccc2-c2nc3ccccc3n2[C@@H]1c1ccccc1. The first-order valence-electron chi connectivity index (χ1n) is 8.76. The molecule has 0 unspecified atom stereocenters. The van der Waals surface area contributed by atoms with Crippen LogP contribution in [0.5, 0.6) is 0 Å². The lowest BCUT2D eigenvalue weighted by Gasteiger charge is -2.40. The van der Waals surface area contributed by atoms with Crippen LogP contribution in [0.15, 0.2) is 78.9 Å². The number of hydrogen-bond acceptors (Lipinski definition) is 2. The molecule has 0 saturated heterocycles. The summed E-state index contributed by atoms with van der Waals surface area (Å²) >= 11 is 0. The first-order chi connectivity index (χ1) is 12.4.